The number of aromatic nitrogens is 1. The Bertz CT molecular complexity index is 544. The van der Waals surface area contributed by atoms with Crippen LogP contribution >= 0.6 is 0 Å². The Morgan fingerprint density at radius 2 is 2.40 bits per heavy atom. The molecule has 1 unspecified atom stereocenters. The number of pyridine rings is 1. The normalized spacial score (nSPS) is 22.9. The monoisotopic (exact) mass is 276 g/mol. The molecule has 0 bridgehead atoms. The maximum Gasteiger partial charge on any atom is 0.173 e. The maximum absolute atomic E-state index is 9.02. The number of rotatable bonds is 2. The average Bonchev–Trinajstić information content (AvgIpc) is 2.93. The molecule has 1 aliphatic carbocycles. The summed E-state index contributed by atoms with van der Waals surface area (Å²) in [5.74, 6) is 0.942. The minimum atomic E-state index is 0.126. The van der Waals surface area contributed by atoms with Crippen LogP contribution in [-0.4, -0.2) is 41.8 Å². The molecular weight excluding hydrogens is 256 g/mol. The molecule has 6 heteroatoms. The highest BCUT2D eigenvalue weighted by Gasteiger charge is 2.26. The van der Waals surface area contributed by atoms with Crippen LogP contribution in [0.25, 0.3) is 0 Å². The van der Waals surface area contributed by atoms with Crippen LogP contribution in [0.5, 0.6) is 0 Å². The van der Waals surface area contributed by atoms with E-state index in [0.717, 1.165) is 42.9 Å². The summed E-state index contributed by atoms with van der Waals surface area (Å²) in [6.07, 6.45) is 3.16. The quantitative estimate of drug-likeness (QED) is 0.363. The molecule has 0 spiro atoms. The zero-order valence-corrected chi connectivity index (χ0v) is 11.7. The van der Waals surface area contributed by atoms with Gasteiger partial charge in [-0.05, 0) is 37.8 Å². The highest BCUT2D eigenvalue weighted by Crippen LogP contribution is 2.29. The van der Waals surface area contributed by atoms with Gasteiger partial charge in [0.05, 0.1) is 24.8 Å². The number of oxime groups is 1. The van der Waals surface area contributed by atoms with Gasteiger partial charge in [0, 0.05) is 12.2 Å². The number of amidine groups is 1. The van der Waals surface area contributed by atoms with Crippen LogP contribution in [0.4, 0.5) is 5.82 Å². The Hall–Kier alpha value is -1.82. The molecule has 1 aromatic heterocycles. The fourth-order valence-corrected chi connectivity index (χ4v) is 2.96. The minimum Gasteiger partial charge on any atom is -0.409 e. The lowest BCUT2D eigenvalue weighted by atomic mass is 10.1. The van der Waals surface area contributed by atoms with Gasteiger partial charge in [0.2, 0.25) is 0 Å². The number of anilines is 1. The van der Waals surface area contributed by atoms with Crippen molar-refractivity contribution in [3.63, 3.8) is 0 Å². The molecule has 1 aliphatic heterocycles. The van der Waals surface area contributed by atoms with Gasteiger partial charge < -0.3 is 20.6 Å². The topological polar surface area (TPSA) is 84.0 Å². The zero-order valence-electron chi connectivity index (χ0n) is 11.7. The third kappa shape index (κ3) is 2.20. The molecule has 6 nitrogen and oxygen atoms in total. The summed E-state index contributed by atoms with van der Waals surface area (Å²) in [5, 5.41) is 12.2. The van der Waals surface area contributed by atoms with E-state index < -0.39 is 0 Å². The Labute approximate surface area is 118 Å². The summed E-state index contributed by atoms with van der Waals surface area (Å²) in [6, 6.07) is 2.27. The van der Waals surface area contributed by atoms with Crippen LogP contribution in [0.3, 0.4) is 0 Å². The summed E-state index contributed by atoms with van der Waals surface area (Å²) in [5.41, 5.74) is 8.93. The molecule has 2 aliphatic rings. The second-order valence-corrected chi connectivity index (χ2v) is 5.42. The van der Waals surface area contributed by atoms with E-state index in [4.69, 9.17) is 20.7 Å². The van der Waals surface area contributed by atoms with Crippen LogP contribution in [0.1, 0.15) is 30.2 Å². The highest BCUT2D eigenvalue weighted by atomic mass is 16.5. The van der Waals surface area contributed by atoms with Gasteiger partial charge in [-0.3, -0.25) is 0 Å². The Kier molecular flexibility index (Phi) is 3.48. The second-order valence-electron chi connectivity index (χ2n) is 5.42. The van der Waals surface area contributed by atoms with Crippen LogP contribution < -0.4 is 10.6 Å². The van der Waals surface area contributed by atoms with Crippen molar-refractivity contribution in [2.24, 2.45) is 10.9 Å². The Morgan fingerprint density at radius 1 is 1.55 bits per heavy atom. The van der Waals surface area contributed by atoms with E-state index in [9.17, 15) is 0 Å². The number of aryl methyl sites for hydroxylation is 2. The molecule has 108 valence electrons. The first-order valence-electron chi connectivity index (χ1n) is 7.05. The molecule has 3 rings (SSSR count). The lowest BCUT2D eigenvalue weighted by Gasteiger charge is -2.35. The fourth-order valence-electron chi connectivity index (χ4n) is 2.96. The van der Waals surface area contributed by atoms with Gasteiger partial charge in [-0.15, -0.1) is 0 Å². The van der Waals surface area contributed by atoms with E-state index in [-0.39, 0.29) is 11.9 Å². The van der Waals surface area contributed by atoms with Gasteiger partial charge in [-0.25, -0.2) is 4.98 Å². The molecule has 1 saturated heterocycles. The highest BCUT2D eigenvalue weighted by molar-refractivity contribution is 6.01. The number of morpholine rings is 1. The zero-order chi connectivity index (χ0) is 14.1. The Morgan fingerprint density at radius 3 is 3.15 bits per heavy atom. The average molecular weight is 276 g/mol. The van der Waals surface area contributed by atoms with Gasteiger partial charge in [0.25, 0.3) is 0 Å². The van der Waals surface area contributed by atoms with Gasteiger partial charge in [0.15, 0.2) is 5.84 Å². The molecule has 3 N–H and O–H groups in total. The van der Waals surface area contributed by atoms with E-state index in [1.807, 2.05) is 6.07 Å². The summed E-state index contributed by atoms with van der Waals surface area (Å²) in [6.45, 7) is 4.23. The van der Waals surface area contributed by atoms with Crippen molar-refractivity contribution < 1.29 is 9.94 Å². The van der Waals surface area contributed by atoms with Gasteiger partial charge in [-0.1, -0.05) is 5.16 Å². The van der Waals surface area contributed by atoms with Gasteiger partial charge >= 0.3 is 0 Å². The molecule has 0 aromatic carbocycles. The number of nitrogens with zero attached hydrogens (tertiary/aromatic N) is 3. The number of nitrogens with two attached hydrogens (primary N) is 1. The van der Waals surface area contributed by atoms with Crippen molar-refractivity contribution >= 4 is 11.7 Å². The SMILES string of the molecule is CC1COCCN1c1nc2c(cc1C(N)=NO)CCC2. The van der Waals surface area contributed by atoms with Gasteiger partial charge in [-0.2, -0.15) is 0 Å². The van der Waals surface area contributed by atoms with Crippen molar-refractivity contribution in [2.75, 3.05) is 24.7 Å². The molecule has 0 radical (unpaired) electrons. The first-order chi connectivity index (χ1) is 9.70. The maximum atomic E-state index is 9.02. The van der Waals surface area contributed by atoms with E-state index in [1.165, 1.54) is 5.56 Å². The minimum absolute atomic E-state index is 0.126. The summed E-state index contributed by atoms with van der Waals surface area (Å²) in [4.78, 5) is 6.98. The second kappa shape index (κ2) is 5.28. The number of fused-ring (bicyclic) bond motifs is 1. The largest absolute Gasteiger partial charge is 0.409 e. The van der Waals surface area contributed by atoms with Crippen molar-refractivity contribution in [3.05, 3.63) is 22.9 Å². The smallest absolute Gasteiger partial charge is 0.173 e. The molecule has 1 atom stereocenters. The van der Waals surface area contributed by atoms with E-state index >= 15 is 0 Å². The molecular formula is C14H20N4O2. The summed E-state index contributed by atoms with van der Waals surface area (Å²) < 4.78 is 5.47. The first-order valence-corrected chi connectivity index (χ1v) is 7.05. The van der Waals surface area contributed by atoms with Crippen molar-refractivity contribution in [3.8, 4) is 0 Å². The van der Waals surface area contributed by atoms with E-state index in [1.54, 1.807) is 0 Å². The Balaban J connectivity index is 2.07. The molecule has 0 amide bonds. The lowest BCUT2D eigenvalue weighted by molar-refractivity contribution is 0.0985. The summed E-state index contributed by atoms with van der Waals surface area (Å²) in [7, 11) is 0. The van der Waals surface area contributed by atoms with Crippen LogP contribution in [0.2, 0.25) is 0 Å². The molecule has 20 heavy (non-hydrogen) atoms. The van der Waals surface area contributed by atoms with Crippen LogP contribution in [-0.2, 0) is 17.6 Å². The molecule has 0 saturated carbocycles. The molecule has 1 fully saturated rings. The van der Waals surface area contributed by atoms with Crippen LogP contribution in [0.15, 0.2) is 11.2 Å². The predicted octanol–water partition coefficient (Wildman–Crippen LogP) is 0.890. The van der Waals surface area contributed by atoms with Crippen molar-refractivity contribution in [2.45, 2.75) is 32.2 Å². The third-order valence-corrected chi connectivity index (χ3v) is 4.05. The summed E-state index contributed by atoms with van der Waals surface area (Å²) >= 11 is 0. The fraction of sp³-hybridized carbons (Fsp3) is 0.571. The lowest BCUT2D eigenvalue weighted by Crippen LogP contribution is -2.45. The number of hydrogen-bond donors (Lipinski definition) is 2. The standard InChI is InChI=1S/C14H20N4O2/c1-9-8-20-6-5-18(9)14-11(13(15)17-19)7-10-3-2-4-12(10)16-14/h7,9,19H,2-6,8H2,1H3,(H2,15,17). The molecule has 2 heterocycles. The van der Waals surface area contributed by atoms with Crippen molar-refractivity contribution in [1.82, 2.24) is 4.98 Å². The predicted molar refractivity (Wildman–Crippen MR) is 76.4 cm³/mol. The first kappa shape index (κ1) is 13.2. The van der Waals surface area contributed by atoms with E-state index in [0.29, 0.717) is 13.2 Å². The molecule has 1 aromatic rings. The van der Waals surface area contributed by atoms with E-state index in [2.05, 4.69) is 17.0 Å². The van der Waals surface area contributed by atoms with Crippen molar-refractivity contribution in [1.29, 1.82) is 0 Å². The van der Waals surface area contributed by atoms with Crippen LogP contribution in [0, 0.1) is 0 Å². The third-order valence-electron chi connectivity index (χ3n) is 4.05. The number of hydrogen-bond acceptors (Lipinski definition) is 5. The number of ether oxygens (including phenoxy) is 1. The van der Waals surface area contributed by atoms with Gasteiger partial charge in [0.1, 0.15) is 5.82 Å².